The van der Waals surface area contributed by atoms with Crippen LogP contribution in [0, 0.1) is 20.8 Å². The summed E-state index contributed by atoms with van der Waals surface area (Å²) in [6.45, 7) is 7.94. The minimum absolute atomic E-state index is 0.816. The summed E-state index contributed by atoms with van der Waals surface area (Å²) in [4.78, 5) is 12.7. The second-order valence-corrected chi connectivity index (χ2v) is 7.52. The van der Waals surface area contributed by atoms with Crippen molar-refractivity contribution >= 4 is 28.6 Å². The smallest absolute Gasteiger partial charge is 0.191 e. The molecule has 0 atom stereocenters. The third-order valence-corrected chi connectivity index (χ3v) is 5.23. The summed E-state index contributed by atoms with van der Waals surface area (Å²) in [6.07, 6.45) is 0.982. The molecule has 0 amide bonds. The highest BCUT2D eigenvalue weighted by Gasteiger charge is 2.05. The van der Waals surface area contributed by atoms with Gasteiger partial charge in [-0.1, -0.05) is 0 Å². The summed E-state index contributed by atoms with van der Waals surface area (Å²) in [5.74, 6) is 0.847. The number of thiophene rings is 1. The number of hydrogen-bond acceptors (Lipinski definition) is 4. The first-order valence-corrected chi connectivity index (χ1v) is 8.64. The van der Waals surface area contributed by atoms with E-state index in [0.717, 1.165) is 36.2 Å². The Labute approximate surface area is 134 Å². The monoisotopic (exact) mass is 322 g/mol. The lowest BCUT2D eigenvalue weighted by molar-refractivity contribution is 0.801. The van der Waals surface area contributed by atoms with Crippen LogP contribution < -0.4 is 10.6 Å². The number of guanidine groups is 1. The molecule has 0 aliphatic heterocycles. The highest BCUT2D eigenvalue weighted by atomic mass is 32.1. The minimum Gasteiger partial charge on any atom is -0.356 e. The Hall–Kier alpha value is -1.40. The first kappa shape index (κ1) is 16.0. The Morgan fingerprint density at radius 3 is 2.57 bits per heavy atom. The molecule has 0 fully saturated rings. The van der Waals surface area contributed by atoms with Crippen molar-refractivity contribution in [2.45, 2.75) is 33.7 Å². The van der Waals surface area contributed by atoms with E-state index in [1.54, 1.807) is 18.4 Å². The SMILES string of the molecule is CN=C(NCCc1sc(C)nc1C)NCc1ccc(C)s1. The van der Waals surface area contributed by atoms with Crippen LogP contribution in [-0.2, 0) is 13.0 Å². The number of aryl methyl sites for hydroxylation is 3. The second kappa shape index (κ2) is 7.56. The average molecular weight is 323 g/mol. The van der Waals surface area contributed by atoms with E-state index in [4.69, 9.17) is 0 Å². The summed E-state index contributed by atoms with van der Waals surface area (Å²) < 4.78 is 0. The Morgan fingerprint density at radius 2 is 2.00 bits per heavy atom. The fourth-order valence-electron chi connectivity index (χ4n) is 2.07. The molecule has 0 spiro atoms. The number of nitrogens with one attached hydrogen (secondary N) is 2. The van der Waals surface area contributed by atoms with Crippen LogP contribution >= 0.6 is 22.7 Å². The van der Waals surface area contributed by atoms with Gasteiger partial charge in [0.15, 0.2) is 5.96 Å². The van der Waals surface area contributed by atoms with E-state index in [1.807, 2.05) is 11.3 Å². The van der Waals surface area contributed by atoms with Gasteiger partial charge >= 0.3 is 0 Å². The lowest BCUT2D eigenvalue weighted by atomic mass is 10.3. The van der Waals surface area contributed by atoms with Crippen molar-refractivity contribution in [2.24, 2.45) is 4.99 Å². The molecule has 21 heavy (non-hydrogen) atoms. The molecule has 0 aliphatic rings. The molecule has 0 saturated carbocycles. The number of aliphatic imine (C=N–C) groups is 1. The van der Waals surface area contributed by atoms with Gasteiger partial charge in [0.2, 0.25) is 0 Å². The van der Waals surface area contributed by atoms with Crippen LogP contribution in [0.4, 0.5) is 0 Å². The summed E-state index contributed by atoms with van der Waals surface area (Å²) in [6, 6.07) is 4.30. The first-order valence-electron chi connectivity index (χ1n) is 7.01. The van der Waals surface area contributed by atoms with E-state index in [2.05, 4.69) is 53.5 Å². The van der Waals surface area contributed by atoms with Crippen molar-refractivity contribution in [3.8, 4) is 0 Å². The van der Waals surface area contributed by atoms with Crippen molar-refractivity contribution < 1.29 is 0 Å². The molecule has 2 N–H and O–H groups in total. The maximum absolute atomic E-state index is 4.45. The minimum atomic E-state index is 0.816. The molecule has 2 aromatic heterocycles. The van der Waals surface area contributed by atoms with E-state index >= 15 is 0 Å². The van der Waals surface area contributed by atoms with Crippen LogP contribution in [0.15, 0.2) is 17.1 Å². The number of nitrogens with zero attached hydrogens (tertiary/aromatic N) is 2. The molecule has 0 aliphatic carbocycles. The summed E-state index contributed by atoms with van der Waals surface area (Å²) in [7, 11) is 1.80. The van der Waals surface area contributed by atoms with Crippen LogP contribution in [0.3, 0.4) is 0 Å². The van der Waals surface area contributed by atoms with Crippen molar-refractivity contribution in [3.05, 3.63) is 37.5 Å². The number of rotatable bonds is 5. The van der Waals surface area contributed by atoms with E-state index in [1.165, 1.54) is 14.6 Å². The second-order valence-electron chi connectivity index (χ2n) is 4.86. The Balaban J connectivity index is 1.76. The van der Waals surface area contributed by atoms with Gasteiger partial charge in [-0.05, 0) is 32.9 Å². The van der Waals surface area contributed by atoms with Gasteiger partial charge in [-0.15, -0.1) is 22.7 Å². The third-order valence-electron chi connectivity index (χ3n) is 3.09. The topological polar surface area (TPSA) is 49.3 Å². The van der Waals surface area contributed by atoms with Crippen LogP contribution in [-0.4, -0.2) is 24.5 Å². The van der Waals surface area contributed by atoms with Crippen molar-refractivity contribution in [2.75, 3.05) is 13.6 Å². The number of aromatic nitrogens is 1. The predicted molar refractivity (Wildman–Crippen MR) is 92.5 cm³/mol. The zero-order chi connectivity index (χ0) is 15.2. The molecule has 0 aromatic carbocycles. The molecule has 6 heteroatoms. The molecule has 0 bridgehead atoms. The van der Waals surface area contributed by atoms with Crippen molar-refractivity contribution in [1.82, 2.24) is 15.6 Å². The molecular formula is C15H22N4S2. The standard InChI is InChI=1S/C15H22N4S2/c1-10-5-6-13(20-10)9-18-15(16-4)17-8-7-14-11(2)19-12(3)21-14/h5-6H,7-9H2,1-4H3,(H2,16,17,18). The van der Waals surface area contributed by atoms with Crippen molar-refractivity contribution in [3.63, 3.8) is 0 Å². The van der Waals surface area contributed by atoms with Crippen LogP contribution in [0.5, 0.6) is 0 Å². The number of thiazole rings is 1. The van der Waals surface area contributed by atoms with Gasteiger partial charge in [0, 0.05) is 34.6 Å². The first-order chi connectivity index (χ1) is 10.1. The highest BCUT2D eigenvalue weighted by molar-refractivity contribution is 7.12. The number of hydrogen-bond donors (Lipinski definition) is 2. The maximum atomic E-state index is 4.45. The third kappa shape index (κ3) is 4.82. The van der Waals surface area contributed by atoms with Crippen molar-refractivity contribution in [1.29, 1.82) is 0 Å². The fourth-order valence-corrected chi connectivity index (χ4v) is 3.84. The maximum Gasteiger partial charge on any atom is 0.191 e. The van der Waals surface area contributed by atoms with E-state index in [0.29, 0.717) is 0 Å². The quantitative estimate of drug-likeness (QED) is 0.657. The molecular weight excluding hydrogens is 300 g/mol. The average Bonchev–Trinajstić information content (AvgIpc) is 2.99. The molecule has 2 aromatic rings. The molecule has 0 unspecified atom stereocenters. The molecule has 2 rings (SSSR count). The Morgan fingerprint density at radius 1 is 1.19 bits per heavy atom. The Kier molecular flexibility index (Phi) is 5.76. The molecule has 4 nitrogen and oxygen atoms in total. The Bertz CT molecular complexity index is 613. The van der Waals surface area contributed by atoms with Gasteiger partial charge in [-0.25, -0.2) is 4.98 Å². The summed E-state index contributed by atoms with van der Waals surface area (Å²) in [5, 5.41) is 7.83. The fraction of sp³-hybridized carbons (Fsp3) is 0.467. The van der Waals surface area contributed by atoms with Crippen LogP contribution in [0.1, 0.15) is 25.3 Å². The van der Waals surface area contributed by atoms with E-state index < -0.39 is 0 Å². The lowest BCUT2D eigenvalue weighted by Gasteiger charge is -2.10. The zero-order valence-corrected chi connectivity index (χ0v) is 14.6. The largest absolute Gasteiger partial charge is 0.356 e. The van der Waals surface area contributed by atoms with Gasteiger partial charge in [0.25, 0.3) is 0 Å². The predicted octanol–water partition coefficient (Wildman–Crippen LogP) is 3.04. The van der Waals surface area contributed by atoms with Gasteiger partial charge < -0.3 is 10.6 Å². The molecule has 114 valence electrons. The molecule has 0 saturated heterocycles. The van der Waals surface area contributed by atoms with Gasteiger partial charge in [-0.2, -0.15) is 0 Å². The summed E-state index contributed by atoms with van der Waals surface area (Å²) >= 11 is 3.59. The summed E-state index contributed by atoms with van der Waals surface area (Å²) in [5.41, 5.74) is 1.15. The molecule has 0 radical (unpaired) electrons. The van der Waals surface area contributed by atoms with Gasteiger partial charge in [0.05, 0.1) is 17.2 Å². The van der Waals surface area contributed by atoms with Gasteiger partial charge in [-0.3, -0.25) is 4.99 Å². The molecule has 2 heterocycles. The normalized spacial score (nSPS) is 11.7. The van der Waals surface area contributed by atoms with E-state index in [9.17, 15) is 0 Å². The van der Waals surface area contributed by atoms with E-state index in [-0.39, 0.29) is 0 Å². The van der Waals surface area contributed by atoms with Crippen LogP contribution in [0.2, 0.25) is 0 Å². The van der Waals surface area contributed by atoms with Crippen LogP contribution in [0.25, 0.3) is 0 Å². The highest BCUT2D eigenvalue weighted by Crippen LogP contribution is 2.17. The lowest BCUT2D eigenvalue weighted by Crippen LogP contribution is -2.37. The zero-order valence-electron chi connectivity index (χ0n) is 13.0. The van der Waals surface area contributed by atoms with Gasteiger partial charge in [0.1, 0.15) is 0 Å².